The van der Waals surface area contributed by atoms with E-state index in [0.717, 1.165) is 22.2 Å². The second kappa shape index (κ2) is 5.65. The lowest BCUT2D eigenvalue weighted by atomic mass is 10.2. The van der Waals surface area contributed by atoms with E-state index in [-0.39, 0.29) is 0 Å². The molecule has 0 saturated heterocycles. The minimum Gasteiger partial charge on any atom is -0.478 e. The predicted octanol–water partition coefficient (Wildman–Crippen LogP) is 3.84. The molecule has 0 spiro atoms. The van der Waals surface area contributed by atoms with Gasteiger partial charge in [0.1, 0.15) is 5.58 Å². The third-order valence-corrected chi connectivity index (χ3v) is 3.07. The Balaban J connectivity index is 1.69. The Hall–Kier alpha value is -2.49. The van der Waals surface area contributed by atoms with Gasteiger partial charge in [-0.3, -0.25) is 0 Å². The highest BCUT2D eigenvalue weighted by Crippen LogP contribution is 2.21. The second-order valence-corrected chi connectivity index (χ2v) is 4.43. The summed E-state index contributed by atoms with van der Waals surface area (Å²) in [4.78, 5) is 4.22. The van der Waals surface area contributed by atoms with Crippen molar-refractivity contribution < 1.29 is 9.15 Å². The van der Waals surface area contributed by atoms with Gasteiger partial charge in [0.2, 0.25) is 5.88 Å². The van der Waals surface area contributed by atoms with E-state index in [9.17, 15) is 0 Å². The van der Waals surface area contributed by atoms with E-state index in [4.69, 9.17) is 9.15 Å². The van der Waals surface area contributed by atoms with Crippen molar-refractivity contribution in [3.8, 4) is 5.88 Å². The third kappa shape index (κ3) is 2.59. The fraction of sp³-hybridized carbons (Fsp3) is 0.188. The van der Waals surface area contributed by atoms with E-state index in [1.165, 1.54) is 0 Å². The standard InChI is InChI=1S/C16H16N2O2/c1-2-19-16-8-7-13(10-18-16)17-9-12-11-20-15-6-4-3-5-14(12)15/h3-8,10-11,17H,2,9H2,1H3. The molecule has 0 fully saturated rings. The van der Waals surface area contributed by atoms with Crippen molar-refractivity contribution in [1.29, 1.82) is 0 Å². The van der Waals surface area contributed by atoms with E-state index in [1.807, 2.05) is 37.3 Å². The number of nitrogens with zero attached hydrogens (tertiary/aromatic N) is 1. The first kappa shape index (κ1) is 12.5. The van der Waals surface area contributed by atoms with E-state index in [1.54, 1.807) is 12.5 Å². The van der Waals surface area contributed by atoms with Crippen LogP contribution in [0.25, 0.3) is 11.0 Å². The minimum absolute atomic E-state index is 0.626. The van der Waals surface area contributed by atoms with Crippen molar-refractivity contribution >= 4 is 16.7 Å². The number of fused-ring (bicyclic) bond motifs is 1. The molecule has 0 saturated carbocycles. The van der Waals surface area contributed by atoms with Gasteiger partial charge in [0.15, 0.2) is 0 Å². The van der Waals surface area contributed by atoms with Crippen LogP contribution in [0.1, 0.15) is 12.5 Å². The number of hydrogen-bond donors (Lipinski definition) is 1. The van der Waals surface area contributed by atoms with E-state index < -0.39 is 0 Å². The maximum absolute atomic E-state index is 5.51. The molecule has 1 aromatic carbocycles. The number of para-hydroxylation sites is 1. The van der Waals surface area contributed by atoms with Crippen LogP contribution in [0.3, 0.4) is 0 Å². The molecule has 0 aliphatic carbocycles. The van der Waals surface area contributed by atoms with Gasteiger partial charge in [-0.15, -0.1) is 0 Å². The summed E-state index contributed by atoms with van der Waals surface area (Å²) in [7, 11) is 0. The Morgan fingerprint density at radius 1 is 1.20 bits per heavy atom. The molecule has 0 aliphatic rings. The Morgan fingerprint density at radius 2 is 2.10 bits per heavy atom. The van der Waals surface area contributed by atoms with E-state index in [2.05, 4.69) is 16.4 Å². The molecule has 3 rings (SSSR count). The molecular weight excluding hydrogens is 252 g/mol. The van der Waals surface area contributed by atoms with Gasteiger partial charge < -0.3 is 14.5 Å². The summed E-state index contributed by atoms with van der Waals surface area (Å²) in [5, 5.41) is 4.47. The fourth-order valence-corrected chi connectivity index (χ4v) is 2.09. The summed E-state index contributed by atoms with van der Waals surface area (Å²) >= 11 is 0. The maximum Gasteiger partial charge on any atom is 0.213 e. The normalized spacial score (nSPS) is 10.7. The van der Waals surface area contributed by atoms with Crippen molar-refractivity contribution in [2.45, 2.75) is 13.5 Å². The quantitative estimate of drug-likeness (QED) is 0.763. The Morgan fingerprint density at radius 3 is 2.90 bits per heavy atom. The summed E-state index contributed by atoms with van der Waals surface area (Å²) in [6.07, 6.45) is 3.56. The van der Waals surface area contributed by atoms with Crippen molar-refractivity contribution in [3.63, 3.8) is 0 Å². The molecule has 0 radical (unpaired) electrons. The lowest BCUT2D eigenvalue weighted by molar-refractivity contribution is 0.327. The molecule has 2 aromatic heterocycles. The average Bonchev–Trinajstić information content (AvgIpc) is 2.90. The first-order valence-corrected chi connectivity index (χ1v) is 6.64. The summed E-state index contributed by atoms with van der Waals surface area (Å²) in [5.74, 6) is 0.645. The summed E-state index contributed by atoms with van der Waals surface area (Å²) in [6, 6.07) is 11.8. The number of anilines is 1. The highest BCUT2D eigenvalue weighted by atomic mass is 16.5. The van der Waals surface area contributed by atoms with Gasteiger partial charge in [-0.1, -0.05) is 18.2 Å². The van der Waals surface area contributed by atoms with Crippen molar-refractivity contribution in [3.05, 3.63) is 54.4 Å². The molecule has 0 atom stereocenters. The lowest BCUT2D eigenvalue weighted by Crippen LogP contribution is -2.00. The van der Waals surface area contributed by atoms with Gasteiger partial charge in [-0.25, -0.2) is 4.98 Å². The molecule has 4 nitrogen and oxygen atoms in total. The zero-order chi connectivity index (χ0) is 13.8. The minimum atomic E-state index is 0.626. The van der Waals surface area contributed by atoms with Gasteiger partial charge in [0.25, 0.3) is 0 Å². The first-order valence-electron chi connectivity index (χ1n) is 6.64. The number of aromatic nitrogens is 1. The largest absolute Gasteiger partial charge is 0.478 e. The van der Waals surface area contributed by atoms with Crippen molar-refractivity contribution in [2.24, 2.45) is 0 Å². The van der Waals surface area contributed by atoms with Gasteiger partial charge in [0, 0.05) is 23.6 Å². The zero-order valence-electron chi connectivity index (χ0n) is 11.3. The molecule has 0 aliphatic heterocycles. The number of benzene rings is 1. The van der Waals surface area contributed by atoms with Crippen LogP contribution in [0.4, 0.5) is 5.69 Å². The van der Waals surface area contributed by atoms with Gasteiger partial charge in [-0.05, 0) is 19.1 Å². The van der Waals surface area contributed by atoms with Gasteiger partial charge >= 0.3 is 0 Å². The highest BCUT2D eigenvalue weighted by Gasteiger charge is 2.04. The van der Waals surface area contributed by atoms with Gasteiger partial charge in [0.05, 0.1) is 24.8 Å². The number of hydrogen-bond acceptors (Lipinski definition) is 4. The number of rotatable bonds is 5. The summed E-state index contributed by atoms with van der Waals surface area (Å²) < 4.78 is 10.8. The number of pyridine rings is 1. The molecule has 4 heteroatoms. The van der Waals surface area contributed by atoms with Crippen LogP contribution in [0.5, 0.6) is 5.88 Å². The van der Waals surface area contributed by atoms with Crippen molar-refractivity contribution in [2.75, 3.05) is 11.9 Å². The number of ether oxygens (including phenoxy) is 1. The molecule has 1 N–H and O–H groups in total. The molecule has 20 heavy (non-hydrogen) atoms. The van der Waals surface area contributed by atoms with Crippen LogP contribution in [-0.4, -0.2) is 11.6 Å². The second-order valence-electron chi connectivity index (χ2n) is 4.43. The highest BCUT2D eigenvalue weighted by molar-refractivity contribution is 5.81. The van der Waals surface area contributed by atoms with Crippen LogP contribution in [0.15, 0.2) is 53.3 Å². The average molecular weight is 268 g/mol. The smallest absolute Gasteiger partial charge is 0.213 e. The summed E-state index contributed by atoms with van der Waals surface area (Å²) in [5.41, 5.74) is 3.00. The van der Waals surface area contributed by atoms with Crippen LogP contribution in [0, 0.1) is 0 Å². The molecule has 102 valence electrons. The number of nitrogens with one attached hydrogen (secondary N) is 1. The van der Waals surface area contributed by atoms with Gasteiger partial charge in [-0.2, -0.15) is 0 Å². The maximum atomic E-state index is 5.51. The first-order chi connectivity index (χ1) is 9.86. The Kier molecular flexibility index (Phi) is 3.54. The monoisotopic (exact) mass is 268 g/mol. The Bertz CT molecular complexity index is 689. The van der Waals surface area contributed by atoms with Crippen LogP contribution < -0.4 is 10.1 Å². The molecular formula is C16H16N2O2. The molecule has 3 aromatic rings. The SMILES string of the molecule is CCOc1ccc(NCc2coc3ccccc23)cn1. The van der Waals surface area contributed by atoms with Crippen LogP contribution in [0.2, 0.25) is 0 Å². The molecule has 0 unspecified atom stereocenters. The van der Waals surface area contributed by atoms with E-state index in [0.29, 0.717) is 19.0 Å². The van der Waals surface area contributed by atoms with Crippen LogP contribution in [-0.2, 0) is 6.54 Å². The molecule has 0 bridgehead atoms. The van der Waals surface area contributed by atoms with E-state index >= 15 is 0 Å². The lowest BCUT2D eigenvalue weighted by Gasteiger charge is -2.06. The topological polar surface area (TPSA) is 47.3 Å². The predicted molar refractivity (Wildman–Crippen MR) is 78.9 cm³/mol. The summed E-state index contributed by atoms with van der Waals surface area (Å²) in [6.45, 7) is 3.27. The van der Waals surface area contributed by atoms with Crippen molar-refractivity contribution in [1.82, 2.24) is 4.98 Å². The fourth-order valence-electron chi connectivity index (χ4n) is 2.09. The third-order valence-electron chi connectivity index (χ3n) is 3.07. The zero-order valence-corrected chi connectivity index (χ0v) is 11.3. The number of furan rings is 1. The molecule has 2 heterocycles. The Labute approximate surface area is 117 Å². The molecule has 0 amide bonds. The van der Waals surface area contributed by atoms with Crippen LogP contribution >= 0.6 is 0 Å².